The maximum atomic E-state index is 12.8. The van der Waals surface area contributed by atoms with E-state index in [-0.39, 0.29) is 29.9 Å². The standard InChI is InChI=1S/C30H38O5/c1-20-7-10-23(11-8-20)27(31)35-19-25-22(15-18-34-25)12-13-24-21(2)9-14-26-29(24,3)16-6-17-30(26,4)28(32)33-5/h7-8,10-11,15,18,24,26H,2,6,9,12-14,16-17,19H2,1,3-5H3/t24-,26?,29+,30-/m0/s1. The van der Waals surface area contributed by atoms with Crippen LogP contribution in [0.15, 0.2) is 53.2 Å². The first kappa shape index (κ1) is 25.3. The molecule has 2 fully saturated rings. The average Bonchev–Trinajstić information content (AvgIpc) is 3.29. The van der Waals surface area contributed by atoms with Crippen LogP contribution in [0.5, 0.6) is 0 Å². The van der Waals surface area contributed by atoms with Gasteiger partial charge in [-0.1, -0.05) is 43.2 Å². The Kier molecular flexibility index (Phi) is 7.25. The van der Waals surface area contributed by atoms with Crippen molar-refractivity contribution in [1.82, 2.24) is 0 Å². The highest BCUT2D eigenvalue weighted by atomic mass is 16.5. The van der Waals surface area contributed by atoms with Crippen LogP contribution in [0.25, 0.3) is 0 Å². The first-order valence-corrected chi connectivity index (χ1v) is 12.7. The van der Waals surface area contributed by atoms with Gasteiger partial charge >= 0.3 is 11.9 Å². The van der Waals surface area contributed by atoms with Crippen LogP contribution >= 0.6 is 0 Å². The lowest BCUT2D eigenvalue weighted by Gasteiger charge is -2.57. The predicted octanol–water partition coefficient (Wildman–Crippen LogP) is 6.83. The summed E-state index contributed by atoms with van der Waals surface area (Å²) in [6.45, 7) is 11.0. The summed E-state index contributed by atoms with van der Waals surface area (Å²) in [7, 11) is 1.50. The summed E-state index contributed by atoms with van der Waals surface area (Å²) >= 11 is 0. The van der Waals surface area contributed by atoms with Gasteiger partial charge in [0, 0.05) is 0 Å². The second-order valence-corrected chi connectivity index (χ2v) is 10.9. The lowest BCUT2D eigenvalue weighted by molar-refractivity contribution is -0.168. The summed E-state index contributed by atoms with van der Waals surface area (Å²) < 4.78 is 16.5. The summed E-state index contributed by atoms with van der Waals surface area (Å²) in [5.41, 5.74) is 3.55. The molecule has 0 aliphatic heterocycles. The van der Waals surface area contributed by atoms with E-state index >= 15 is 0 Å². The average molecular weight is 479 g/mol. The zero-order valence-electron chi connectivity index (χ0n) is 21.5. The Morgan fingerprint density at radius 3 is 2.60 bits per heavy atom. The number of methoxy groups -OCH3 is 1. The number of fused-ring (bicyclic) bond motifs is 1. The van der Waals surface area contributed by atoms with Crippen molar-refractivity contribution in [2.45, 2.75) is 72.3 Å². The van der Waals surface area contributed by atoms with Gasteiger partial charge in [-0.05, 0) is 93.4 Å². The van der Waals surface area contributed by atoms with Crippen molar-refractivity contribution < 1.29 is 23.5 Å². The van der Waals surface area contributed by atoms with Crippen molar-refractivity contribution in [1.29, 1.82) is 0 Å². The Bertz CT molecular complexity index is 1080. The lowest BCUT2D eigenvalue weighted by atomic mass is 9.46. The van der Waals surface area contributed by atoms with Crippen LogP contribution in [0.1, 0.15) is 79.6 Å². The first-order chi connectivity index (χ1) is 16.7. The highest BCUT2D eigenvalue weighted by Gasteiger charge is 2.57. The maximum Gasteiger partial charge on any atom is 0.338 e. The zero-order chi connectivity index (χ0) is 25.2. The van der Waals surface area contributed by atoms with Gasteiger partial charge in [-0.2, -0.15) is 0 Å². The minimum atomic E-state index is -0.439. The van der Waals surface area contributed by atoms with Crippen LogP contribution in [0.2, 0.25) is 0 Å². The van der Waals surface area contributed by atoms with Gasteiger partial charge in [0.25, 0.3) is 0 Å². The maximum absolute atomic E-state index is 12.8. The summed E-state index contributed by atoms with van der Waals surface area (Å²) in [4.78, 5) is 25.2. The minimum Gasteiger partial charge on any atom is -0.469 e. The molecule has 4 atom stereocenters. The molecule has 1 heterocycles. The largest absolute Gasteiger partial charge is 0.469 e. The SMILES string of the molecule is C=C1CCC2[C@](C)(CCC[C@]2(C)C(=O)OC)[C@H]1CCc1ccoc1COC(=O)c1ccc(C)cc1. The number of benzene rings is 1. The topological polar surface area (TPSA) is 65.7 Å². The summed E-state index contributed by atoms with van der Waals surface area (Å²) in [5, 5.41) is 0. The van der Waals surface area contributed by atoms with Gasteiger partial charge in [-0.25, -0.2) is 4.79 Å². The number of rotatable bonds is 7. The van der Waals surface area contributed by atoms with Crippen molar-refractivity contribution in [2.75, 3.05) is 7.11 Å². The second kappa shape index (κ2) is 10.0. The molecule has 2 aromatic rings. The van der Waals surface area contributed by atoms with Crippen LogP contribution in [0.4, 0.5) is 0 Å². The van der Waals surface area contributed by atoms with Crippen LogP contribution in [-0.2, 0) is 27.3 Å². The van der Waals surface area contributed by atoms with Crippen molar-refractivity contribution in [3.63, 3.8) is 0 Å². The molecule has 1 aromatic heterocycles. The zero-order valence-corrected chi connectivity index (χ0v) is 21.5. The quantitative estimate of drug-likeness (QED) is 0.322. The van der Waals surface area contributed by atoms with Crippen LogP contribution in [-0.4, -0.2) is 19.0 Å². The van der Waals surface area contributed by atoms with E-state index in [0.29, 0.717) is 17.2 Å². The van der Waals surface area contributed by atoms with Crippen LogP contribution in [0, 0.1) is 29.6 Å². The van der Waals surface area contributed by atoms with Crippen LogP contribution in [0.3, 0.4) is 0 Å². The van der Waals surface area contributed by atoms with Gasteiger partial charge in [0.05, 0.1) is 24.4 Å². The summed E-state index contributed by atoms with van der Waals surface area (Å²) in [5.74, 6) is 0.867. The number of esters is 2. The Morgan fingerprint density at radius 1 is 1.14 bits per heavy atom. The van der Waals surface area contributed by atoms with Crippen molar-refractivity contribution in [2.24, 2.45) is 22.7 Å². The van der Waals surface area contributed by atoms with Gasteiger partial charge < -0.3 is 13.9 Å². The van der Waals surface area contributed by atoms with E-state index in [1.54, 1.807) is 18.4 Å². The Labute approximate surface area is 208 Å². The van der Waals surface area contributed by atoms with E-state index in [1.165, 1.54) is 12.7 Å². The van der Waals surface area contributed by atoms with Crippen LogP contribution < -0.4 is 0 Å². The van der Waals surface area contributed by atoms with Crippen molar-refractivity contribution in [3.8, 4) is 0 Å². The van der Waals surface area contributed by atoms with Gasteiger partial charge in [-0.15, -0.1) is 0 Å². The number of hydrogen-bond acceptors (Lipinski definition) is 5. The fourth-order valence-corrected chi connectivity index (χ4v) is 6.88. The molecule has 0 amide bonds. The molecule has 35 heavy (non-hydrogen) atoms. The Morgan fingerprint density at radius 2 is 1.89 bits per heavy atom. The minimum absolute atomic E-state index is 0.0122. The molecular formula is C30H38O5. The molecule has 0 bridgehead atoms. The number of carbonyl (C=O) groups excluding carboxylic acids is 2. The molecule has 4 rings (SSSR count). The third kappa shape index (κ3) is 4.82. The fraction of sp³-hybridized carbons (Fsp3) is 0.533. The third-order valence-corrected chi connectivity index (χ3v) is 8.83. The molecule has 2 saturated carbocycles. The normalized spacial score (nSPS) is 28.3. The highest BCUT2D eigenvalue weighted by molar-refractivity contribution is 5.89. The van der Waals surface area contributed by atoms with E-state index < -0.39 is 5.41 Å². The molecule has 188 valence electrons. The lowest BCUT2D eigenvalue weighted by Crippen LogP contribution is -2.53. The second-order valence-electron chi connectivity index (χ2n) is 10.9. The predicted molar refractivity (Wildman–Crippen MR) is 135 cm³/mol. The Balaban J connectivity index is 1.44. The summed E-state index contributed by atoms with van der Waals surface area (Å²) in [6.07, 6.45) is 8.36. The molecule has 0 spiro atoms. The van der Waals surface area contributed by atoms with E-state index in [2.05, 4.69) is 20.4 Å². The molecule has 2 aliphatic rings. The Hall–Kier alpha value is -2.82. The van der Waals surface area contributed by atoms with E-state index in [1.807, 2.05) is 25.1 Å². The summed E-state index contributed by atoms with van der Waals surface area (Å²) in [6, 6.07) is 9.32. The first-order valence-electron chi connectivity index (χ1n) is 12.7. The van der Waals surface area contributed by atoms with E-state index in [4.69, 9.17) is 13.9 Å². The number of aryl methyl sites for hydroxylation is 2. The number of furan rings is 1. The molecule has 0 radical (unpaired) electrons. The molecule has 5 heteroatoms. The third-order valence-electron chi connectivity index (χ3n) is 8.83. The molecular weight excluding hydrogens is 440 g/mol. The molecule has 1 aromatic carbocycles. The van der Waals surface area contributed by atoms with E-state index in [0.717, 1.165) is 56.1 Å². The molecule has 5 nitrogen and oxygen atoms in total. The van der Waals surface area contributed by atoms with Gasteiger partial charge in [-0.3, -0.25) is 4.79 Å². The monoisotopic (exact) mass is 478 g/mol. The van der Waals surface area contributed by atoms with E-state index in [9.17, 15) is 9.59 Å². The molecule has 0 saturated heterocycles. The molecule has 1 unspecified atom stereocenters. The van der Waals surface area contributed by atoms with Gasteiger partial charge in [0.2, 0.25) is 0 Å². The van der Waals surface area contributed by atoms with Gasteiger partial charge in [0.15, 0.2) is 0 Å². The molecule has 0 N–H and O–H groups in total. The smallest absolute Gasteiger partial charge is 0.338 e. The van der Waals surface area contributed by atoms with Crippen molar-refractivity contribution in [3.05, 3.63) is 71.2 Å². The fourth-order valence-electron chi connectivity index (χ4n) is 6.88. The number of allylic oxidation sites excluding steroid dienone is 1. The number of carbonyl (C=O) groups is 2. The van der Waals surface area contributed by atoms with Crippen molar-refractivity contribution >= 4 is 11.9 Å². The molecule has 2 aliphatic carbocycles. The number of ether oxygens (including phenoxy) is 2. The highest BCUT2D eigenvalue weighted by Crippen LogP contribution is 2.62. The number of hydrogen-bond donors (Lipinski definition) is 0. The van der Waals surface area contributed by atoms with Gasteiger partial charge in [0.1, 0.15) is 12.4 Å².